The van der Waals surface area contributed by atoms with Gasteiger partial charge in [-0.15, -0.1) is 12.4 Å². The molecule has 0 spiro atoms. The predicted octanol–water partition coefficient (Wildman–Crippen LogP) is 3.85. The normalized spacial score (nSPS) is 25.0. The van der Waals surface area contributed by atoms with Crippen LogP contribution in [-0.4, -0.2) is 87.5 Å². The van der Waals surface area contributed by atoms with E-state index >= 15 is 0 Å². The van der Waals surface area contributed by atoms with E-state index in [0.29, 0.717) is 12.4 Å². The maximum Gasteiger partial charge on any atom is 0.271 e. The number of carbonyl (C=O) groups is 3. The summed E-state index contributed by atoms with van der Waals surface area (Å²) in [4.78, 5) is 40.9. The number of nitrogens with two attached hydrogens (primary N) is 1. The van der Waals surface area contributed by atoms with Crippen LogP contribution >= 0.6 is 12.4 Å². The Morgan fingerprint density at radius 1 is 1.08 bits per heavy atom. The van der Waals surface area contributed by atoms with Crippen molar-refractivity contribution in [2.24, 2.45) is 10.8 Å². The van der Waals surface area contributed by atoms with Gasteiger partial charge in [0.2, 0.25) is 5.78 Å². The number of ether oxygens (including phenoxy) is 4. The molecule has 14 nitrogen and oxygen atoms in total. The van der Waals surface area contributed by atoms with Crippen molar-refractivity contribution in [3.05, 3.63) is 81.4 Å². The van der Waals surface area contributed by atoms with Gasteiger partial charge in [0.25, 0.3) is 5.91 Å². The fourth-order valence-corrected chi connectivity index (χ4v) is 7.01. The van der Waals surface area contributed by atoms with Crippen LogP contribution in [0.2, 0.25) is 0 Å². The van der Waals surface area contributed by atoms with Crippen molar-refractivity contribution >= 4 is 35.6 Å². The molecule has 15 heteroatoms. The summed E-state index contributed by atoms with van der Waals surface area (Å²) in [5.74, 6) is -2.53. The Hall–Kier alpha value is -4.57. The summed E-state index contributed by atoms with van der Waals surface area (Å²) in [6, 6.07) is 10.2. The molecule has 1 amide bonds. The highest BCUT2D eigenvalue weighted by molar-refractivity contribution is 6.31. The number of phenols is 2. The number of nitrogens with zero attached hydrogens (tertiary/aromatic N) is 1. The molecule has 0 aromatic heterocycles. The minimum absolute atomic E-state index is 0. The number of hydrogen-bond donors (Lipinski definition) is 6. The number of unbranched alkanes of at least 4 members (excludes halogenated alkanes) is 1. The molecular weight excluding hydrogens is 710 g/mol. The van der Waals surface area contributed by atoms with E-state index in [1.807, 2.05) is 0 Å². The second-order valence-electron chi connectivity index (χ2n) is 13.4. The van der Waals surface area contributed by atoms with Crippen molar-refractivity contribution in [3.8, 4) is 23.0 Å². The van der Waals surface area contributed by atoms with Crippen LogP contribution in [0, 0.1) is 0 Å². The highest BCUT2D eigenvalue weighted by Crippen LogP contribution is 2.52. The molecule has 2 aliphatic carbocycles. The highest BCUT2D eigenvalue weighted by Gasteiger charge is 2.49. The second kappa shape index (κ2) is 15.8. The first-order valence-electron chi connectivity index (χ1n) is 17.2. The third-order valence-electron chi connectivity index (χ3n) is 10.0. The quantitative estimate of drug-likeness (QED) is 0.0589. The second-order valence-corrected chi connectivity index (χ2v) is 13.4. The van der Waals surface area contributed by atoms with Gasteiger partial charge in [-0.1, -0.05) is 25.5 Å². The topological polar surface area (TPSA) is 219 Å². The average molecular weight is 754 g/mol. The van der Waals surface area contributed by atoms with Crippen molar-refractivity contribution in [1.29, 1.82) is 0 Å². The summed E-state index contributed by atoms with van der Waals surface area (Å²) in [6.07, 6.45) is -2.72. The van der Waals surface area contributed by atoms with E-state index < -0.39 is 76.3 Å². The first-order chi connectivity index (χ1) is 24.8. The van der Waals surface area contributed by atoms with Crippen molar-refractivity contribution in [3.63, 3.8) is 0 Å². The number of aliphatic hydroxyl groups is 2. The number of phenolic OH excluding ortho intramolecular Hbond substituents is 2. The maximum absolute atomic E-state index is 14.0. The van der Waals surface area contributed by atoms with E-state index in [1.165, 1.54) is 32.2 Å². The fourth-order valence-electron chi connectivity index (χ4n) is 7.01. The number of methoxy groups -OCH3 is 1. The molecule has 0 bridgehead atoms. The Balaban J connectivity index is 0.00000541. The van der Waals surface area contributed by atoms with Gasteiger partial charge < -0.3 is 45.1 Å². The van der Waals surface area contributed by atoms with Crippen LogP contribution in [0.5, 0.6) is 23.0 Å². The van der Waals surface area contributed by atoms with Crippen LogP contribution in [0.25, 0.3) is 0 Å². The van der Waals surface area contributed by atoms with Crippen LogP contribution in [0.4, 0.5) is 0 Å². The van der Waals surface area contributed by atoms with Crippen LogP contribution in [0.1, 0.15) is 106 Å². The number of halogens is 1. The third-order valence-corrected chi connectivity index (χ3v) is 10.0. The van der Waals surface area contributed by atoms with Gasteiger partial charge in [-0.25, -0.2) is 5.43 Å². The van der Waals surface area contributed by atoms with Gasteiger partial charge in [-0.2, -0.15) is 5.10 Å². The zero-order valence-electron chi connectivity index (χ0n) is 29.8. The molecule has 53 heavy (non-hydrogen) atoms. The van der Waals surface area contributed by atoms with Crippen molar-refractivity contribution in [2.75, 3.05) is 13.7 Å². The van der Waals surface area contributed by atoms with E-state index in [2.05, 4.69) is 17.5 Å². The number of aliphatic hydroxyl groups excluding tert-OH is 1. The highest BCUT2D eigenvalue weighted by atomic mass is 35.5. The van der Waals surface area contributed by atoms with Gasteiger partial charge in [-0.05, 0) is 50.6 Å². The molecule has 6 atom stereocenters. The van der Waals surface area contributed by atoms with Crippen molar-refractivity contribution in [2.45, 2.75) is 89.1 Å². The molecule has 1 fully saturated rings. The minimum atomic E-state index is -1.91. The molecule has 1 heterocycles. The van der Waals surface area contributed by atoms with Gasteiger partial charge >= 0.3 is 0 Å². The third kappa shape index (κ3) is 7.35. The Bertz CT molecular complexity index is 1920. The fraction of sp³-hybridized carbons (Fsp3) is 0.421. The maximum atomic E-state index is 14.0. The van der Waals surface area contributed by atoms with Crippen LogP contribution in [0.3, 0.4) is 0 Å². The van der Waals surface area contributed by atoms with Gasteiger partial charge in [0.1, 0.15) is 28.6 Å². The molecule has 7 N–H and O–H groups in total. The minimum Gasteiger partial charge on any atom is -0.507 e. The molecule has 0 radical (unpaired) electrons. The van der Waals surface area contributed by atoms with Crippen LogP contribution in [0.15, 0.2) is 47.6 Å². The predicted molar refractivity (Wildman–Crippen MR) is 194 cm³/mol. The molecule has 284 valence electrons. The van der Waals surface area contributed by atoms with Crippen molar-refractivity contribution < 1.29 is 53.8 Å². The largest absolute Gasteiger partial charge is 0.507 e. The van der Waals surface area contributed by atoms with E-state index in [9.17, 15) is 34.8 Å². The number of benzene rings is 3. The number of amides is 1. The molecule has 4 unspecified atom stereocenters. The average Bonchev–Trinajstić information content (AvgIpc) is 3.12. The summed E-state index contributed by atoms with van der Waals surface area (Å²) >= 11 is 0. The smallest absolute Gasteiger partial charge is 0.271 e. The summed E-state index contributed by atoms with van der Waals surface area (Å²) in [5, 5.41) is 50.3. The number of nitrogens with one attached hydrogen (secondary N) is 1. The summed E-state index contributed by atoms with van der Waals surface area (Å²) in [5.41, 5.74) is 5.97. The Morgan fingerprint density at radius 2 is 1.77 bits per heavy atom. The molecule has 3 aliphatic rings. The standard InChI is InChI=1S/C38H43N3O11.ClH/c1-5-6-14-50-21-12-10-20(11-13-21)37(47)41-40-19(3)38(48)16-23-29(26(17-38)52-27-15-24(39)32(42)18(2)51-27)36(46)31-30(34(23)44)33(43)22-8-7-9-25(49-4)28(22)35(31)45;/h7-13,18,24,26-27,32,42,44,46,48H,5-6,14-17,39H2,1-4H3,(H,41,47);1H/t18?,24?,26-,27?,32?,38-;/m0./s1. The zero-order valence-corrected chi connectivity index (χ0v) is 30.6. The summed E-state index contributed by atoms with van der Waals surface area (Å²) < 4.78 is 23.2. The Labute approximate surface area is 312 Å². The van der Waals surface area contributed by atoms with Gasteiger partial charge in [0.15, 0.2) is 12.1 Å². The summed E-state index contributed by atoms with van der Waals surface area (Å²) in [7, 11) is 1.34. The van der Waals surface area contributed by atoms with Crippen molar-refractivity contribution in [1.82, 2.24) is 5.43 Å². The zero-order chi connectivity index (χ0) is 37.5. The van der Waals surface area contributed by atoms with Gasteiger partial charge in [-0.3, -0.25) is 14.4 Å². The number of hydrazone groups is 1. The molecular formula is C38H44ClN3O11. The SMILES string of the molecule is CCCCOc1ccc(C(=O)NN=C(C)[C@]2(O)Cc3c(O)c4c(c(O)c3[C@@H](OC3CC(N)C(O)C(C)O3)C2)C(=O)c2c(OC)cccc2C4=O)cc1.Cl. The van der Waals surface area contributed by atoms with E-state index in [0.717, 1.165) is 12.8 Å². The summed E-state index contributed by atoms with van der Waals surface area (Å²) in [6.45, 7) is 5.71. The lowest BCUT2D eigenvalue weighted by atomic mass is 9.71. The van der Waals surface area contributed by atoms with Gasteiger partial charge in [0.05, 0.1) is 54.4 Å². The molecule has 3 aromatic carbocycles. The molecule has 6 rings (SSSR count). The number of fused-ring (bicyclic) bond motifs is 3. The number of ketones is 2. The van der Waals surface area contributed by atoms with E-state index in [1.54, 1.807) is 31.2 Å². The monoisotopic (exact) mass is 753 g/mol. The molecule has 0 saturated carbocycles. The number of carbonyl (C=O) groups excluding carboxylic acids is 3. The lowest BCUT2D eigenvalue weighted by Crippen LogP contribution is -2.52. The lowest BCUT2D eigenvalue weighted by molar-refractivity contribution is -0.245. The number of hydrogen-bond acceptors (Lipinski definition) is 13. The molecule has 3 aromatic rings. The molecule has 1 saturated heterocycles. The number of rotatable bonds is 10. The first-order valence-corrected chi connectivity index (χ1v) is 17.2. The lowest BCUT2D eigenvalue weighted by Gasteiger charge is -2.42. The van der Waals surface area contributed by atoms with Crippen LogP contribution < -0.4 is 20.6 Å². The van der Waals surface area contributed by atoms with Gasteiger partial charge in [0, 0.05) is 47.6 Å². The van der Waals surface area contributed by atoms with E-state index in [4.69, 9.17) is 24.7 Å². The Morgan fingerprint density at radius 3 is 2.43 bits per heavy atom. The van der Waals surface area contributed by atoms with E-state index in [-0.39, 0.29) is 70.9 Å². The molecule has 1 aliphatic heterocycles. The Kier molecular flexibility index (Phi) is 11.8. The first kappa shape index (κ1) is 39.6. The van der Waals surface area contributed by atoms with Crippen LogP contribution in [-0.2, 0) is 15.9 Å². The number of aromatic hydroxyl groups is 2.